The van der Waals surface area contributed by atoms with Gasteiger partial charge in [-0.2, -0.15) is 0 Å². The first-order chi connectivity index (χ1) is 13.0. The first-order valence-corrected chi connectivity index (χ1v) is 8.56. The zero-order chi connectivity index (χ0) is 19.1. The molecule has 0 unspecified atom stereocenters. The summed E-state index contributed by atoms with van der Waals surface area (Å²) in [5.41, 5.74) is 5.47. The van der Waals surface area contributed by atoms with Gasteiger partial charge in [-0.1, -0.05) is 43.0 Å². The topological polar surface area (TPSA) is 71.3 Å². The molecule has 134 valence electrons. The average molecular weight is 358 g/mol. The van der Waals surface area contributed by atoms with Crippen molar-refractivity contribution in [2.75, 3.05) is 0 Å². The second kappa shape index (κ2) is 6.29. The van der Waals surface area contributed by atoms with Crippen LogP contribution in [0.2, 0.25) is 0 Å². The molecule has 0 bridgehead atoms. The molecular weight excluding hydrogens is 340 g/mol. The summed E-state index contributed by atoms with van der Waals surface area (Å²) in [7, 11) is 1.71. The lowest BCUT2D eigenvalue weighted by Gasteiger charge is -2.12. The van der Waals surface area contributed by atoms with Crippen molar-refractivity contribution in [2.45, 2.75) is 6.54 Å². The van der Waals surface area contributed by atoms with Crippen LogP contribution in [0.3, 0.4) is 0 Å². The van der Waals surface area contributed by atoms with E-state index in [0.29, 0.717) is 11.3 Å². The number of nitrogens with zero attached hydrogens (tertiary/aromatic N) is 1. The Kier molecular flexibility index (Phi) is 3.92. The number of amides is 1. The molecule has 0 saturated carbocycles. The van der Waals surface area contributed by atoms with E-state index in [9.17, 15) is 14.7 Å². The van der Waals surface area contributed by atoms with Gasteiger partial charge in [0.05, 0.1) is 6.54 Å². The van der Waals surface area contributed by atoms with Gasteiger partial charge >= 0.3 is 0 Å². The third kappa shape index (κ3) is 2.73. The number of aromatic nitrogens is 1. The van der Waals surface area contributed by atoms with Crippen LogP contribution in [0.5, 0.6) is 5.75 Å². The molecule has 4 rings (SSSR count). The highest BCUT2D eigenvalue weighted by atomic mass is 16.3. The number of carbonyl (C=O) groups is 1. The second-order valence-electron chi connectivity index (χ2n) is 6.56. The first-order valence-electron chi connectivity index (χ1n) is 8.56. The van der Waals surface area contributed by atoms with Crippen molar-refractivity contribution in [3.8, 4) is 16.9 Å². The van der Waals surface area contributed by atoms with E-state index in [-0.39, 0.29) is 18.2 Å². The summed E-state index contributed by atoms with van der Waals surface area (Å²) in [5, 5.41) is 12.3. The van der Waals surface area contributed by atoms with Crippen LogP contribution < -0.4 is 10.7 Å². The van der Waals surface area contributed by atoms with Gasteiger partial charge in [-0.05, 0) is 28.3 Å². The Bertz CT molecular complexity index is 1160. The monoisotopic (exact) mass is 358 g/mol. The Hall–Kier alpha value is -3.60. The van der Waals surface area contributed by atoms with Crippen LogP contribution in [0.4, 0.5) is 0 Å². The Balaban J connectivity index is 1.65. The highest BCUT2D eigenvalue weighted by molar-refractivity contribution is 6.09. The predicted octanol–water partition coefficient (Wildman–Crippen LogP) is 3.06. The smallest absolute Gasteiger partial charge is 0.252 e. The number of benzene rings is 2. The van der Waals surface area contributed by atoms with Crippen molar-refractivity contribution in [3.05, 3.63) is 93.9 Å². The van der Waals surface area contributed by atoms with E-state index in [2.05, 4.69) is 11.9 Å². The summed E-state index contributed by atoms with van der Waals surface area (Å²) < 4.78 is 1.61. The predicted molar refractivity (Wildman–Crippen MR) is 105 cm³/mol. The maximum Gasteiger partial charge on any atom is 0.252 e. The molecule has 5 nitrogen and oxygen atoms in total. The molecule has 1 aliphatic carbocycles. The van der Waals surface area contributed by atoms with Crippen molar-refractivity contribution in [1.82, 2.24) is 9.88 Å². The van der Waals surface area contributed by atoms with Crippen LogP contribution in [0, 0.1) is 0 Å². The van der Waals surface area contributed by atoms with E-state index in [1.54, 1.807) is 17.7 Å². The molecule has 3 aromatic rings. The van der Waals surface area contributed by atoms with Crippen LogP contribution >= 0.6 is 0 Å². The minimum atomic E-state index is -0.471. The molecule has 1 heterocycles. The van der Waals surface area contributed by atoms with E-state index in [4.69, 9.17) is 0 Å². The number of aryl methyl sites for hydroxylation is 1. The number of nitrogens with one attached hydrogen (secondary N) is 1. The van der Waals surface area contributed by atoms with Gasteiger partial charge in [-0.25, -0.2) is 0 Å². The number of fused-ring (bicyclic) bond motifs is 3. The van der Waals surface area contributed by atoms with Crippen molar-refractivity contribution >= 4 is 11.5 Å². The van der Waals surface area contributed by atoms with Crippen molar-refractivity contribution < 1.29 is 9.90 Å². The van der Waals surface area contributed by atoms with Gasteiger partial charge in [0.2, 0.25) is 5.43 Å². The Morgan fingerprint density at radius 2 is 1.81 bits per heavy atom. The van der Waals surface area contributed by atoms with Gasteiger partial charge in [0.1, 0.15) is 0 Å². The molecule has 1 aliphatic rings. The number of hydrogen-bond donors (Lipinski definition) is 2. The van der Waals surface area contributed by atoms with Crippen molar-refractivity contribution in [2.24, 2.45) is 7.05 Å². The largest absolute Gasteiger partial charge is 0.503 e. The van der Waals surface area contributed by atoms with E-state index in [0.717, 1.165) is 27.8 Å². The summed E-state index contributed by atoms with van der Waals surface area (Å²) in [6, 6.07) is 14.9. The fourth-order valence-corrected chi connectivity index (χ4v) is 3.51. The normalized spacial score (nSPS) is 11.8. The second-order valence-corrected chi connectivity index (χ2v) is 6.56. The number of carbonyl (C=O) groups excluding carboxylic acids is 1. The molecule has 27 heavy (non-hydrogen) atoms. The van der Waals surface area contributed by atoms with Crippen molar-refractivity contribution in [3.63, 3.8) is 0 Å². The van der Waals surface area contributed by atoms with Gasteiger partial charge in [0, 0.05) is 36.1 Å². The number of pyridine rings is 1. The fourth-order valence-electron chi connectivity index (χ4n) is 3.51. The minimum Gasteiger partial charge on any atom is -0.503 e. The van der Waals surface area contributed by atoms with E-state index < -0.39 is 5.43 Å². The van der Waals surface area contributed by atoms with Gasteiger partial charge in [0.25, 0.3) is 5.91 Å². The molecule has 2 N–H and O–H groups in total. The molecular formula is C22H18N2O3. The zero-order valence-corrected chi connectivity index (χ0v) is 14.8. The minimum absolute atomic E-state index is 0.175. The Labute approximate surface area is 156 Å². The summed E-state index contributed by atoms with van der Waals surface area (Å²) in [4.78, 5) is 24.5. The Morgan fingerprint density at radius 3 is 2.59 bits per heavy atom. The number of rotatable bonds is 3. The number of hydrogen-bond acceptors (Lipinski definition) is 3. The highest BCUT2D eigenvalue weighted by Gasteiger charge is 2.26. The van der Waals surface area contributed by atoms with Crippen molar-refractivity contribution in [1.29, 1.82) is 0 Å². The third-order valence-electron chi connectivity index (χ3n) is 4.90. The maximum atomic E-state index is 12.8. The highest BCUT2D eigenvalue weighted by Crippen LogP contribution is 2.44. The maximum absolute atomic E-state index is 12.8. The summed E-state index contributed by atoms with van der Waals surface area (Å²) in [6.07, 6.45) is 1.34. The molecule has 0 atom stereocenters. The van der Waals surface area contributed by atoms with E-state index >= 15 is 0 Å². The lowest BCUT2D eigenvalue weighted by atomic mass is 9.98. The fraction of sp³-hybridized carbons (Fsp3) is 0.0909. The lowest BCUT2D eigenvalue weighted by Crippen LogP contribution is -2.26. The number of aromatic hydroxyl groups is 1. The van der Waals surface area contributed by atoms with Crippen LogP contribution in [0.1, 0.15) is 27.2 Å². The van der Waals surface area contributed by atoms with Gasteiger partial charge in [0.15, 0.2) is 5.75 Å². The summed E-state index contributed by atoms with van der Waals surface area (Å²) in [5.74, 6) is -0.552. The summed E-state index contributed by atoms with van der Waals surface area (Å²) in [6.45, 7) is 4.35. The van der Waals surface area contributed by atoms with Gasteiger partial charge < -0.3 is 15.0 Å². The standard InChI is InChI=1S/C22H18N2O3/c1-13-15-6-3-4-7-16(15)17-8-5-9-18(21(13)17)22(27)23-11-14-10-19(25)20(26)12-24(14)2/h3-10,12,26H,1,11H2,2H3,(H,23,27). The third-order valence-corrected chi connectivity index (χ3v) is 4.90. The SMILES string of the molecule is C=C1c2ccccc2-c2cccc(C(=O)NCc3cc(=O)c(O)cn3C)c21. The lowest BCUT2D eigenvalue weighted by molar-refractivity contribution is 0.0950. The zero-order valence-electron chi connectivity index (χ0n) is 14.8. The van der Waals surface area contributed by atoms with Crippen LogP contribution in [0.15, 0.2) is 66.1 Å². The molecule has 0 saturated heterocycles. The first kappa shape index (κ1) is 16.8. The van der Waals surface area contributed by atoms with Crippen LogP contribution in [0.25, 0.3) is 16.7 Å². The van der Waals surface area contributed by atoms with E-state index in [1.165, 1.54) is 12.3 Å². The quantitative estimate of drug-likeness (QED) is 0.591. The van der Waals surface area contributed by atoms with E-state index in [1.807, 2.05) is 36.4 Å². The molecule has 1 amide bonds. The molecule has 0 radical (unpaired) electrons. The molecule has 2 aromatic carbocycles. The molecule has 1 aromatic heterocycles. The van der Waals surface area contributed by atoms with Gasteiger partial charge in [-0.3, -0.25) is 9.59 Å². The van der Waals surface area contributed by atoms with Crippen LogP contribution in [-0.2, 0) is 13.6 Å². The molecule has 5 heteroatoms. The Morgan fingerprint density at radius 1 is 1.11 bits per heavy atom. The van der Waals surface area contributed by atoms with Crippen LogP contribution in [-0.4, -0.2) is 15.6 Å². The average Bonchev–Trinajstić information content (AvgIpc) is 2.96. The summed E-state index contributed by atoms with van der Waals surface area (Å²) >= 11 is 0. The molecule has 0 fully saturated rings. The molecule has 0 aliphatic heterocycles. The molecule has 0 spiro atoms. The van der Waals surface area contributed by atoms with Gasteiger partial charge in [-0.15, -0.1) is 0 Å².